The fourth-order valence-electron chi connectivity index (χ4n) is 1.78. The summed E-state index contributed by atoms with van der Waals surface area (Å²) in [7, 11) is 2.00. The molecule has 16 heavy (non-hydrogen) atoms. The molecule has 0 aliphatic carbocycles. The zero-order valence-corrected chi connectivity index (χ0v) is 10.8. The van der Waals surface area contributed by atoms with Gasteiger partial charge in [-0.05, 0) is 27.3 Å². The maximum absolute atomic E-state index is 5.58. The molecular weight excluding hydrogens is 224 g/mol. The lowest BCUT2D eigenvalue weighted by atomic mass is 10.1. The Morgan fingerprint density at radius 1 is 1.44 bits per heavy atom. The van der Waals surface area contributed by atoms with Crippen LogP contribution in [0.2, 0.25) is 0 Å². The SMILES string of the molecule is CNC1CCOCC1Sc1nc(C)c(C)o1. The van der Waals surface area contributed by atoms with Crippen LogP contribution >= 0.6 is 11.8 Å². The van der Waals surface area contributed by atoms with Crippen molar-refractivity contribution in [3.8, 4) is 0 Å². The first-order chi connectivity index (χ1) is 7.70. The van der Waals surface area contributed by atoms with E-state index in [-0.39, 0.29) is 0 Å². The molecule has 1 aliphatic rings. The Kier molecular flexibility index (Phi) is 3.89. The van der Waals surface area contributed by atoms with Crippen molar-refractivity contribution in [1.29, 1.82) is 0 Å². The first-order valence-electron chi connectivity index (χ1n) is 5.56. The van der Waals surface area contributed by atoms with Crippen molar-refractivity contribution >= 4 is 11.8 Å². The molecule has 2 rings (SSSR count). The number of aryl methyl sites for hydroxylation is 2. The molecule has 2 heterocycles. The molecule has 4 nitrogen and oxygen atoms in total. The highest BCUT2D eigenvalue weighted by Crippen LogP contribution is 2.29. The molecular formula is C11H18N2O2S. The van der Waals surface area contributed by atoms with Crippen molar-refractivity contribution < 1.29 is 9.15 Å². The van der Waals surface area contributed by atoms with Gasteiger partial charge < -0.3 is 14.5 Å². The first-order valence-corrected chi connectivity index (χ1v) is 6.44. The number of ether oxygens (including phenoxy) is 1. The van der Waals surface area contributed by atoms with Crippen LogP contribution < -0.4 is 5.32 Å². The van der Waals surface area contributed by atoms with Gasteiger partial charge in [-0.1, -0.05) is 11.8 Å². The van der Waals surface area contributed by atoms with E-state index in [9.17, 15) is 0 Å². The van der Waals surface area contributed by atoms with E-state index in [0.717, 1.165) is 36.3 Å². The van der Waals surface area contributed by atoms with Gasteiger partial charge in [-0.25, -0.2) is 4.98 Å². The monoisotopic (exact) mass is 242 g/mol. The van der Waals surface area contributed by atoms with Crippen LogP contribution in [0.3, 0.4) is 0 Å². The summed E-state index contributed by atoms with van der Waals surface area (Å²) in [6, 6.07) is 0.478. The highest BCUT2D eigenvalue weighted by Gasteiger charge is 2.27. The number of oxazole rings is 1. The Morgan fingerprint density at radius 3 is 2.88 bits per heavy atom. The fraction of sp³-hybridized carbons (Fsp3) is 0.727. The van der Waals surface area contributed by atoms with Gasteiger partial charge in [0.1, 0.15) is 5.76 Å². The van der Waals surface area contributed by atoms with Crippen molar-refractivity contribution in [3.63, 3.8) is 0 Å². The zero-order chi connectivity index (χ0) is 11.5. The first kappa shape index (κ1) is 12.0. The molecule has 0 aromatic carbocycles. The van der Waals surface area contributed by atoms with Crippen LogP contribution in [0.5, 0.6) is 0 Å². The van der Waals surface area contributed by atoms with Gasteiger partial charge in [0, 0.05) is 12.6 Å². The van der Waals surface area contributed by atoms with Gasteiger partial charge in [-0.2, -0.15) is 0 Å². The van der Waals surface area contributed by atoms with E-state index in [2.05, 4.69) is 10.3 Å². The third kappa shape index (κ3) is 2.59. The van der Waals surface area contributed by atoms with Crippen LogP contribution in [0.15, 0.2) is 9.64 Å². The summed E-state index contributed by atoms with van der Waals surface area (Å²) in [5.74, 6) is 0.903. The molecule has 0 spiro atoms. The standard InChI is InChI=1S/C11H18N2O2S/c1-7-8(2)15-11(13-7)16-10-6-14-5-4-9(10)12-3/h9-10,12H,4-6H2,1-3H3. The molecule has 2 atom stereocenters. The predicted octanol–water partition coefficient (Wildman–Crippen LogP) is 1.76. The lowest BCUT2D eigenvalue weighted by molar-refractivity contribution is 0.0847. The lowest BCUT2D eigenvalue weighted by Crippen LogP contribution is -2.43. The van der Waals surface area contributed by atoms with E-state index in [4.69, 9.17) is 9.15 Å². The smallest absolute Gasteiger partial charge is 0.256 e. The number of hydrogen-bond donors (Lipinski definition) is 1. The van der Waals surface area contributed by atoms with Crippen LogP contribution in [0.4, 0.5) is 0 Å². The Morgan fingerprint density at radius 2 is 2.25 bits per heavy atom. The second-order valence-electron chi connectivity index (χ2n) is 4.04. The lowest BCUT2D eigenvalue weighted by Gasteiger charge is -2.29. The Balaban J connectivity index is 2.02. The van der Waals surface area contributed by atoms with Crippen LogP contribution in [0, 0.1) is 13.8 Å². The fourth-order valence-corrected chi connectivity index (χ4v) is 3.00. The summed E-state index contributed by atoms with van der Waals surface area (Å²) >= 11 is 1.67. The summed E-state index contributed by atoms with van der Waals surface area (Å²) < 4.78 is 11.1. The van der Waals surface area contributed by atoms with Crippen LogP contribution in [-0.2, 0) is 4.74 Å². The number of thioether (sulfide) groups is 1. The van der Waals surface area contributed by atoms with Gasteiger partial charge >= 0.3 is 0 Å². The Bertz CT molecular complexity index is 334. The normalized spacial score (nSPS) is 25.9. The number of aromatic nitrogens is 1. The largest absolute Gasteiger partial charge is 0.437 e. The average Bonchev–Trinajstić information content (AvgIpc) is 2.59. The van der Waals surface area contributed by atoms with E-state index in [1.54, 1.807) is 11.8 Å². The second kappa shape index (κ2) is 5.21. The summed E-state index contributed by atoms with van der Waals surface area (Å²) in [6.45, 7) is 5.51. The van der Waals surface area contributed by atoms with Crippen molar-refractivity contribution in [2.45, 2.75) is 36.8 Å². The zero-order valence-electron chi connectivity index (χ0n) is 9.95. The summed E-state index contributed by atoms with van der Waals surface area (Å²) in [5.41, 5.74) is 0.972. The summed E-state index contributed by atoms with van der Waals surface area (Å²) in [6.07, 6.45) is 1.05. The molecule has 1 N–H and O–H groups in total. The van der Waals surface area contributed by atoms with Crippen LogP contribution in [0.25, 0.3) is 0 Å². The minimum absolute atomic E-state index is 0.385. The third-order valence-electron chi connectivity index (χ3n) is 2.94. The molecule has 1 aliphatic heterocycles. The molecule has 1 aromatic heterocycles. The minimum atomic E-state index is 0.385. The molecule has 0 radical (unpaired) electrons. The summed E-state index contributed by atoms with van der Waals surface area (Å²) in [4.78, 5) is 4.39. The van der Waals surface area contributed by atoms with Crippen LogP contribution in [-0.4, -0.2) is 36.5 Å². The minimum Gasteiger partial charge on any atom is -0.437 e. The van der Waals surface area contributed by atoms with E-state index in [0.29, 0.717) is 11.3 Å². The highest BCUT2D eigenvalue weighted by atomic mass is 32.2. The van der Waals surface area contributed by atoms with Gasteiger partial charge in [-0.15, -0.1) is 0 Å². The molecule has 2 unspecified atom stereocenters. The van der Waals surface area contributed by atoms with E-state index >= 15 is 0 Å². The molecule has 1 saturated heterocycles. The van der Waals surface area contributed by atoms with E-state index < -0.39 is 0 Å². The molecule has 1 aromatic rings. The quantitative estimate of drug-likeness (QED) is 0.875. The maximum Gasteiger partial charge on any atom is 0.256 e. The molecule has 5 heteroatoms. The molecule has 0 bridgehead atoms. The predicted molar refractivity (Wildman–Crippen MR) is 63.9 cm³/mol. The van der Waals surface area contributed by atoms with Gasteiger partial charge in [0.25, 0.3) is 5.22 Å². The molecule has 1 fully saturated rings. The molecule has 90 valence electrons. The Labute approximate surface area is 100 Å². The van der Waals surface area contributed by atoms with Crippen molar-refractivity contribution in [2.24, 2.45) is 0 Å². The topological polar surface area (TPSA) is 47.3 Å². The van der Waals surface area contributed by atoms with E-state index in [1.807, 2.05) is 20.9 Å². The Hall–Kier alpha value is -0.520. The van der Waals surface area contributed by atoms with Gasteiger partial charge in [0.05, 0.1) is 17.6 Å². The number of nitrogens with zero attached hydrogens (tertiary/aromatic N) is 1. The maximum atomic E-state index is 5.58. The van der Waals surface area contributed by atoms with Crippen LogP contribution in [0.1, 0.15) is 17.9 Å². The van der Waals surface area contributed by atoms with Crippen molar-refractivity contribution in [2.75, 3.05) is 20.3 Å². The molecule has 0 saturated carbocycles. The average molecular weight is 242 g/mol. The third-order valence-corrected chi connectivity index (χ3v) is 4.08. The summed E-state index contributed by atoms with van der Waals surface area (Å²) in [5, 5.41) is 4.47. The van der Waals surface area contributed by atoms with E-state index in [1.165, 1.54) is 0 Å². The van der Waals surface area contributed by atoms with Crippen molar-refractivity contribution in [3.05, 3.63) is 11.5 Å². The van der Waals surface area contributed by atoms with Gasteiger partial charge in [0.2, 0.25) is 0 Å². The van der Waals surface area contributed by atoms with Gasteiger partial charge in [-0.3, -0.25) is 0 Å². The van der Waals surface area contributed by atoms with Crippen molar-refractivity contribution in [1.82, 2.24) is 10.3 Å². The number of hydrogen-bond acceptors (Lipinski definition) is 5. The molecule has 0 amide bonds. The van der Waals surface area contributed by atoms with Gasteiger partial charge in [0.15, 0.2) is 0 Å². The number of nitrogens with one attached hydrogen (secondary N) is 1. The highest BCUT2D eigenvalue weighted by molar-refractivity contribution is 7.99. The second-order valence-corrected chi connectivity index (χ2v) is 5.23. The number of rotatable bonds is 3.